The molecule has 0 spiro atoms. The van der Waals surface area contributed by atoms with Crippen molar-refractivity contribution in [2.45, 2.75) is 50.0 Å². The molecule has 0 atom stereocenters. The first-order valence-corrected chi connectivity index (χ1v) is 10.3. The van der Waals surface area contributed by atoms with Gasteiger partial charge in [-0.25, -0.2) is 5.10 Å². The maximum atomic E-state index is 12.3. The highest BCUT2D eigenvalue weighted by Crippen LogP contribution is 2.42. The fourth-order valence-electron chi connectivity index (χ4n) is 4.78. The van der Waals surface area contributed by atoms with Crippen LogP contribution in [0.2, 0.25) is 0 Å². The Labute approximate surface area is 165 Å². The van der Waals surface area contributed by atoms with Gasteiger partial charge in [-0.05, 0) is 37.3 Å². The number of nitrogens with zero attached hydrogens (tertiary/aromatic N) is 2. The molecule has 1 saturated carbocycles. The van der Waals surface area contributed by atoms with Crippen molar-refractivity contribution in [3.05, 3.63) is 64.1 Å². The van der Waals surface area contributed by atoms with Crippen molar-refractivity contribution in [1.29, 1.82) is 0 Å². The van der Waals surface area contributed by atoms with E-state index in [1.165, 1.54) is 43.4 Å². The predicted molar refractivity (Wildman–Crippen MR) is 108 cm³/mol. The van der Waals surface area contributed by atoms with Gasteiger partial charge >= 0.3 is 0 Å². The Bertz CT molecular complexity index is 830. The fraction of sp³-hybridized carbons (Fsp3) is 0.500. The van der Waals surface area contributed by atoms with Gasteiger partial charge in [0.25, 0.3) is 11.5 Å². The van der Waals surface area contributed by atoms with Crippen molar-refractivity contribution in [2.24, 2.45) is 0 Å². The monoisotopic (exact) mass is 380 g/mol. The zero-order valence-corrected chi connectivity index (χ0v) is 16.2. The molecule has 2 N–H and O–H groups in total. The molecule has 1 aromatic heterocycles. The number of nitrogens with one attached hydrogen (secondary N) is 2. The minimum absolute atomic E-state index is 0.161. The lowest BCUT2D eigenvalue weighted by Crippen LogP contribution is -2.48. The van der Waals surface area contributed by atoms with E-state index >= 15 is 0 Å². The molecule has 1 saturated heterocycles. The molecule has 1 aromatic carbocycles. The van der Waals surface area contributed by atoms with Crippen LogP contribution in [0.5, 0.6) is 0 Å². The molecule has 2 aromatic rings. The topological polar surface area (TPSA) is 78.1 Å². The predicted octanol–water partition coefficient (Wildman–Crippen LogP) is 2.48. The van der Waals surface area contributed by atoms with Gasteiger partial charge in [-0.1, -0.05) is 43.2 Å². The largest absolute Gasteiger partial charge is 0.348 e. The number of piperidine rings is 1. The summed E-state index contributed by atoms with van der Waals surface area (Å²) in [6, 6.07) is 13.9. The van der Waals surface area contributed by atoms with Gasteiger partial charge < -0.3 is 10.2 Å². The van der Waals surface area contributed by atoms with Crippen molar-refractivity contribution in [1.82, 2.24) is 20.4 Å². The quantitative estimate of drug-likeness (QED) is 0.835. The van der Waals surface area contributed by atoms with Crippen LogP contribution in [-0.2, 0) is 5.41 Å². The number of rotatable bonds is 5. The van der Waals surface area contributed by atoms with Crippen molar-refractivity contribution in [2.75, 3.05) is 19.6 Å². The molecule has 6 heteroatoms. The number of amides is 1. The smallest absolute Gasteiger partial charge is 0.271 e. The zero-order chi connectivity index (χ0) is 19.4. The molecule has 6 nitrogen and oxygen atoms in total. The summed E-state index contributed by atoms with van der Waals surface area (Å²) in [6.45, 7) is 3.11. The van der Waals surface area contributed by atoms with E-state index in [1.807, 2.05) is 0 Å². The number of H-pyrrole nitrogens is 1. The van der Waals surface area contributed by atoms with Gasteiger partial charge in [-0.2, -0.15) is 5.10 Å². The van der Waals surface area contributed by atoms with Crippen LogP contribution in [-0.4, -0.2) is 46.7 Å². The number of hydrogen-bond donors (Lipinski definition) is 2. The Morgan fingerprint density at radius 2 is 1.82 bits per heavy atom. The Morgan fingerprint density at radius 3 is 2.46 bits per heavy atom. The maximum Gasteiger partial charge on any atom is 0.271 e. The number of likely N-dealkylation sites (tertiary alicyclic amines) is 1. The first kappa shape index (κ1) is 18.9. The average molecular weight is 380 g/mol. The molecule has 2 aliphatic rings. The summed E-state index contributed by atoms with van der Waals surface area (Å²) in [6.07, 6.45) is 7.05. The summed E-state index contributed by atoms with van der Waals surface area (Å²) in [4.78, 5) is 26.0. The summed E-state index contributed by atoms with van der Waals surface area (Å²) in [5.74, 6) is -0.216. The Balaban J connectivity index is 1.33. The van der Waals surface area contributed by atoms with Crippen molar-refractivity contribution in [3.8, 4) is 0 Å². The van der Waals surface area contributed by atoms with E-state index in [4.69, 9.17) is 0 Å². The second kappa shape index (κ2) is 8.27. The van der Waals surface area contributed by atoms with E-state index in [2.05, 4.69) is 50.7 Å². The molecule has 0 unspecified atom stereocenters. The van der Waals surface area contributed by atoms with E-state index in [1.54, 1.807) is 0 Å². The molecule has 4 rings (SSSR count). The van der Waals surface area contributed by atoms with Gasteiger partial charge in [0.2, 0.25) is 0 Å². The number of aromatic nitrogens is 2. The van der Waals surface area contributed by atoms with E-state index in [9.17, 15) is 9.59 Å². The highest BCUT2D eigenvalue weighted by atomic mass is 16.2. The van der Waals surface area contributed by atoms with Gasteiger partial charge in [0.05, 0.1) is 0 Å². The Morgan fingerprint density at radius 1 is 1.11 bits per heavy atom. The van der Waals surface area contributed by atoms with E-state index in [-0.39, 0.29) is 28.6 Å². The number of hydrogen-bond acceptors (Lipinski definition) is 4. The van der Waals surface area contributed by atoms with E-state index in [0.29, 0.717) is 0 Å². The van der Waals surface area contributed by atoms with Gasteiger partial charge in [-0.3, -0.25) is 9.59 Å². The van der Waals surface area contributed by atoms with E-state index in [0.717, 1.165) is 32.5 Å². The van der Waals surface area contributed by atoms with Crippen molar-refractivity contribution in [3.63, 3.8) is 0 Å². The summed E-state index contributed by atoms with van der Waals surface area (Å²) in [5.41, 5.74) is 1.73. The number of benzene rings is 1. The molecule has 2 fully saturated rings. The molecule has 28 heavy (non-hydrogen) atoms. The van der Waals surface area contributed by atoms with Crippen LogP contribution in [0.4, 0.5) is 0 Å². The lowest BCUT2D eigenvalue weighted by atomic mass is 9.78. The highest BCUT2D eigenvalue weighted by molar-refractivity contribution is 5.92. The molecule has 0 bridgehead atoms. The van der Waals surface area contributed by atoms with Crippen LogP contribution in [0.3, 0.4) is 0 Å². The van der Waals surface area contributed by atoms with Gasteiger partial charge in [0.1, 0.15) is 5.69 Å². The number of carbonyl (C=O) groups excluding carboxylic acids is 1. The van der Waals surface area contributed by atoms with Crippen molar-refractivity contribution < 1.29 is 4.79 Å². The van der Waals surface area contributed by atoms with Crippen LogP contribution in [0, 0.1) is 0 Å². The summed E-state index contributed by atoms with van der Waals surface area (Å²) < 4.78 is 0. The third kappa shape index (κ3) is 4.17. The second-order valence-corrected chi connectivity index (χ2v) is 8.18. The zero-order valence-electron chi connectivity index (χ0n) is 16.2. The second-order valence-electron chi connectivity index (χ2n) is 8.18. The van der Waals surface area contributed by atoms with Gasteiger partial charge in [0.15, 0.2) is 0 Å². The van der Waals surface area contributed by atoms with Gasteiger partial charge in [-0.15, -0.1) is 0 Å². The molecular formula is C22H28N4O2. The Kier molecular flexibility index (Phi) is 5.57. The van der Waals surface area contributed by atoms with E-state index < -0.39 is 0 Å². The normalized spacial score (nSPS) is 20.1. The number of aromatic amines is 1. The lowest BCUT2D eigenvalue weighted by molar-refractivity contribution is 0.0895. The molecule has 1 aliphatic carbocycles. The molecule has 0 radical (unpaired) electrons. The molecular weight excluding hydrogens is 352 g/mol. The maximum absolute atomic E-state index is 12.3. The minimum Gasteiger partial charge on any atom is -0.348 e. The van der Waals surface area contributed by atoms with Crippen molar-refractivity contribution >= 4 is 5.91 Å². The Hall–Kier alpha value is -2.47. The van der Waals surface area contributed by atoms with Crippen LogP contribution >= 0.6 is 0 Å². The number of carbonyl (C=O) groups is 1. The lowest BCUT2D eigenvalue weighted by Gasteiger charge is -2.39. The van der Waals surface area contributed by atoms with Crippen LogP contribution < -0.4 is 10.9 Å². The molecule has 2 heterocycles. The standard InChI is InChI=1S/C22H28N4O2/c27-20-9-8-19(24-25-20)21(28)23-18-10-14-26(15-11-18)16-22(12-4-5-13-22)17-6-2-1-3-7-17/h1-3,6-9,18H,4-5,10-16H2,(H,23,28)(H,25,27). The van der Waals surface area contributed by atoms with Crippen LogP contribution in [0.15, 0.2) is 47.3 Å². The third-order valence-corrected chi connectivity index (χ3v) is 6.31. The first-order chi connectivity index (χ1) is 13.6. The summed E-state index contributed by atoms with van der Waals surface area (Å²) in [5, 5.41) is 9.18. The highest BCUT2D eigenvalue weighted by Gasteiger charge is 2.37. The molecule has 148 valence electrons. The first-order valence-electron chi connectivity index (χ1n) is 10.3. The minimum atomic E-state index is -0.302. The van der Waals surface area contributed by atoms with Crippen LogP contribution in [0.25, 0.3) is 0 Å². The van der Waals surface area contributed by atoms with Crippen LogP contribution in [0.1, 0.15) is 54.6 Å². The van der Waals surface area contributed by atoms with Gasteiger partial charge in [0, 0.05) is 37.2 Å². The molecule has 1 aliphatic heterocycles. The third-order valence-electron chi connectivity index (χ3n) is 6.31. The molecule has 1 amide bonds. The fourth-order valence-corrected chi connectivity index (χ4v) is 4.78. The SMILES string of the molecule is O=C(NC1CCN(CC2(c3ccccc3)CCCC2)CC1)c1ccc(=O)[nH]n1. The summed E-state index contributed by atoms with van der Waals surface area (Å²) in [7, 11) is 0. The summed E-state index contributed by atoms with van der Waals surface area (Å²) >= 11 is 0. The average Bonchev–Trinajstić information content (AvgIpc) is 3.20.